The summed E-state index contributed by atoms with van der Waals surface area (Å²) >= 11 is 5.72. The second kappa shape index (κ2) is 6.36. The highest BCUT2D eigenvalue weighted by atomic mass is 35.5. The van der Waals surface area contributed by atoms with E-state index in [-0.39, 0.29) is 29.3 Å². The Labute approximate surface area is 104 Å². The first-order chi connectivity index (χ1) is 8.01. The lowest BCUT2D eigenvalue weighted by Crippen LogP contribution is -2.16. The summed E-state index contributed by atoms with van der Waals surface area (Å²) in [5.74, 6) is 0.0796. The molecule has 94 valence electrons. The molecule has 1 amide bonds. The molecule has 0 aliphatic rings. The van der Waals surface area contributed by atoms with Crippen LogP contribution in [-0.4, -0.2) is 34.2 Å². The Hall–Kier alpha value is -1.40. The third-order valence-electron chi connectivity index (χ3n) is 1.92. The summed E-state index contributed by atoms with van der Waals surface area (Å²) in [6, 6.07) is 1.44. The maximum atomic E-state index is 11.4. The van der Waals surface area contributed by atoms with Crippen molar-refractivity contribution in [3.05, 3.63) is 11.2 Å². The molecule has 0 saturated carbocycles. The van der Waals surface area contributed by atoms with Crippen LogP contribution in [0.5, 0.6) is 5.88 Å². The zero-order valence-electron chi connectivity index (χ0n) is 9.61. The van der Waals surface area contributed by atoms with Gasteiger partial charge in [0.2, 0.25) is 17.7 Å². The molecule has 2 N–H and O–H groups in total. The maximum Gasteiger partial charge on any atom is 0.234 e. The first-order valence-electron chi connectivity index (χ1n) is 5.07. The Morgan fingerprint density at radius 3 is 2.94 bits per heavy atom. The van der Waals surface area contributed by atoms with Crippen molar-refractivity contribution < 1.29 is 14.6 Å². The van der Waals surface area contributed by atoms with Crippen LogP contribution in [0.4, 0.5) is 5.95 Å². The molecule has 0 saturated heterocycles. The minimum atomic E-state index is -0.518. The molecule has 0 aromatic carbocycles. The summed E-state index contributed by atoms with van der Waals surface area (Å²) < 4.78 is 4.89. The van der Waals surface area contributed by atoms with Crippen molar-refractivity contribution >= 4 is 23.5 Å². The number of aliphatic hydroxyl groups is 1. The lowest BCUT2D eigenvalue weighted by Gasteiger charge is -2.06. The summed E-state index contributed by atoms with van der Waals surface area (Å²) in [5.41, 5.74) is 0. The SMILES string of the molecule is COc1cc(Cl)nc(NC(=O)CCC(C)O)n1. The number of nitrogens with one attached hydrogen (secondary N) is 1. The van der Waals surface area contributed by atoms with Gasteiger partial charge in [-0.15, -0.1) is 0 Å². The minimum Gasteiger partial charge on any atom is -0.481 e. The fourth-order valence-electron chi connectivity index (χ4n) is 1.08. The number of hydrogen-bond donors (Lipinski definition) is 2. The zero-order chi connectivity index (χ0) is 12.8. The fraction of sp³-hybridized carbons (Fsp3) is 0.500. The Morgan fingerprint density at radius 1 is 1.65 bits per heavy atom. The van der Waals surface area contributed by atoms with E-state index in [4.69, 9.17) is 21.4 Å². The molecule has 0 radical (unpaired) electrons. The van der Waals surface area contributed by atoms with E-state index in [0.717, 1.165) is 0 Å². The van der Waals surface area contributed by atoms with E-state index in [0.29, 0.717) is 6.42 Å². The number of nitrogens with zero attached hydrogens (tertiary/aromatic N) is 2. The Balaban J connectivity index is 2.61. The highest BCUT2D eigenvalue weighted by Crippen LogP contribution is 2.15. The number of carbonyl (C=O) groups excluding carboxylic acids is 1. The van der Waals surface area contributed by atoms with Gasteiger partial charge in [-0.3, -0.25) is 10.1 Å². The van der Waals surface area contributed by atoms with Crippen molar-refractivity contribution in [1.29, 1.82) is 0 Å². The Kier molecular flexibility index (Phi) is 5.11. The number of halogens is 1. The zero-order valence-corrected chi connectivity index (χ0v) is 10.4. The Bertz CT molecular complexity index is 398. The van der Waals surface area contributed by atoms with Crippen molar-refractivity contribution in [3.8, 4) is 5.88 Å². The number of methoxy groups -OCH3 is 1. The standard InChI is InChI=1S/C10H14ClN3O3/c1-6(15)3-4-8(16)13-10-12-7(11)5-9(14-10)17-2/h5-6,15H,3-4H2,1-2H3,(H,12,13,14,16). The van der Waals surface area contributed by atoms with Crippen molar-refractivity contribution in [1.82, 2.24) is 9.97 Å². The van der Waals surface area contributed by atoms with Crippen LogP contribution in [0, 0.1) is 0 Å². The molecule has 0 bridgehead atoms. The van der Waals surface area contributed by atoms with E-state index in [2.05, 4.69) is 15.3 Å². The van der Waals surface area contributed by atoms with Crippen molar-refractivity contribution in [3.63, 3.8) is 0 Å². The molecule has 6 nitrogen and oxygen atoms in total. The summed E-state index contributed by atoms with van der Waals surface area (Å²) in [5, 5.41) is 11.7. The third kappa shape index (κ3) is 4.97. The van der Waals surface area contributed by atoms with Gasteiger partial charge >= 0.3 is 0 Å². The second-order valence-electron chi connectivity index (χ2n) is 3.49. The van der Waals surface area contributed by atoms with Gasteiger partial charge in [0.15, 0.2) is 0 Å². The first kappa shape index (κ1) is 13.7. The average Bonchev–Trinajstić information content (AvgIpc) is 2.25. The predicted octanol–water partition coefficient (Wildman–Crippen LogP) is 1.24. The molecule has 1 unspecified atom stereocenters. The fourth-order valence-corrected chi connectivity index (χ4v) is 1.26. The van der Waals surface area contributed by atoms with Crippen LogP contribution in [0.25, 0.3) is 0 Å². The van der Waals surface area contributed by atoms with Gasteiger partial charge in [-0.25, -0.2) is 4.98 Å². The molecule has 0 aliphatic carbocycles. The van der Waals surface area contributed by atoms with Gasteiger partial charge in [0.25, 0.3) is 0 Å². The van der Waals surface area contributed by atoms with Crippen LogP contribution in [0.2, 0.25) is 5.15 Å². The van der Waals surface area contributed by atoms with Crippen LogP contribution in [-0.2, 0) is 4.79 Å². The predicted molar refractivity (Wildman–Crippen MR) is 63.1 cm³/mol. The van der Waals surface area contributed by atoms with E-state index < -0.39 is 6.10 Å². The third-order valence-corrected chi connectivity index (χ3v) is 2.11. The van der Waals surface area contributed by atoms with Crippen LogP contribution < -0.4 is 10.1 Å². The van der Waals surface area contributed by atoms with Crippen LogP contribution in [0.1, 0.15) is 19.8 Å². The summed E-state index contributed by atoms with van der Waals surface area (Å²) in [6.45, 7) is 1.62. The van der Waals surface area contributed by atoms with Gasteiger partial charge in [-0.2, -0.15) is 4.98 Å². The van der Waals surface area contributed by atoms with Crippen molar-refractivity contribution in [2.45, 2.75) is 25.9 Å². The van der Waals surface area contributed by atoms with Crippen LogP contribution in [0.3, 0.4) is 0 Å². The molecule has 1 aromatic heterocycles. The van der Waals surface area contributed by atoms with Crippen LogP contribution >= 0.6 is 11.6 Å². The van der Waals surface area contributed by atoms with Crippen molar-refractivity contribution in [2.24, 2.45) is 0 Å². The number of aromatic nitrogens is 2. The lowest BCUT2D eigenvalue weighted by molar-refractivity contribution is -0.116. The monoisotopic (exact) mass is 259 g/mol. The summed E-state index contributed by atoms with van der Waals surface area (Å²) in [7, 11) is 1.44. The molecule has 1 atom stereocenters. The van der Waals surface area contributed by atoms with E-state index >= 15 is 0 Å². The summed E-state index contributed by atoms with van der Waals surface area (Å²) in [4.78, 5) is 19.2. The number of carbonyl (C=O) groups is 1. The van der Waals surface area contributed by atoms with Gasteiger partial charge in [0.05, 0.1) is 13.2 Å². The van der Waals surface area contributed by atoms with Gasteiger partial charge < -0.3 is 9.84 Å². The highest BCUT2D eigenvalue weighted by Gasteiger charge is 2.08. The number of rotatable bonds is 5. The van der Waals surface area contributed by atoms with Gasteiger partial charge in [0, 0.05) is 12.5 Å². The summed E-state index contributed by atoms with van der Waals surface area (Å²) in [6.07, 6.45) is 0.0508. The Morgan fingerprint density at radius 2 is 2.35 bits per heavy atom. The molecule has 1 heterocycles. The average molecular weight is 260 g/mol. The highest BCUT2D eigenvalue weighted by molar-refractivity contribution is 6.29. The number of anilines is 1. The van der Waals surface area contributed by atoms with Gasteiger partial charge in [-0.1, -0.05) is 11.6 Å². The molecule has 17 heavy (non-hydrogen) atoms. The molecular formula is C10H14ClN3O3. The second-order valence-corrected chi connectivity index (χ2v) is 3.88. The molecular weight excluding hydrogens is 246 g/mol. The molecule has 0 aliphatic heterocycles. The smallest absolute Gasteiger partial charge is 0.234 e. The minimum absolute atomic E-state index is 0.0879. The quantitative estimate of drug-likeness (QED) is 0.777. The van der Waals surface area contributed by atoms with Crippen molar-refractivity contribution in [2.75, 3.05) is 12.4 Å². The first-order valence-corrected chi connectivity index (χ1v) is 5.45. The van der Waals surface area contributed by atoms with E-state index in [1.165, 1.54) is 13.2 Å². The van der Waals surface area contributed by atoms with Gasteiger partial charge in [-0.05, 0) is 13.3 Å². The topological polar surface area (TPSA) is 84.3 Å². The molecule has 0 spiro atoms. The maximum absolute atomic E-state index is 11.4. The molecule has 0 fully saturated rings. The largest absolute Gasteiger partial charge is 0.481 e. The number of aliphatic hydroxyl groups excluding tert-OH is 1. The van der Waals surface area contributed by atoms with Gasteiger partial charge in [0.1, 0.15) is 5.15 Å². The van der Waals surface area contributed by atoms with E-state index in [1.807, 2.05) is 0 Å². The molecule has 1 rings (SSSR count). The van der Waals surface area contributed by atoms with E-state index in [1.54, 1.807) is 6.92 Å². The number of ether oxygens (including phenoxy) is 1. The number of amides is 1. The molecule has 1 aromatic rings. The van der Waals surface area contributed by atoms with E-state index in [9.17, 15) is 4.79 Å². The number of hydrogen-bond acceptors (Lipinski definition) is 5. The molecule has 7 heteroatoms. The normalized spacial score (nSPS) is 12.0. The lowest BCUT2D eigenvalue weighted by atomic mass is 10.2. The van der Waals surface area contributed by atoms with Crippen LogP contribution in [0.15, 0.2) is 6.07 Å².